The van der Waals surface area contributed by atoms with Crippen LogP contribution >= 0.6 is 0 Å². The fourth-order valence-electron chi connectivity index (χ4n) is 2.74. The third-order valence-electron chi connectivity index (χ3n) is 3.79. The molecule has 0 aliphatic heterocycles. The van der Waals surface area contributed by atoms with Gasteiger partial charge in [0.25, 0.3) is 0 Å². The van der Waals surface area contributed by atoms with E-state index in [1.807, 2.05) is 30.3 Å². The first-order valence-corrected chi connectivity index (χ1v) is 7.04. The van der Waals surface area contributed by atoms with Gasteiger partial charge in [-0.25, -0.2) is 0 Å². The molecule has 0 unspecified atom stereocenters. The number of anilines is 1. The monoisotopic (exact) mass is 296 g/mol. The summed E-state index contributed by atoms with van der Waals surface area (Å²) in [5.41, 5.74) is 11.0. The third kappa shape index (κ3) is 2.71. The molecule has 0 saturated heterocycles. The Balaban J connectivity index is 1.77. The van der Waals surface area contributed by atoms with E-state index in [2.05, 4.69) is 17.4 Å². The number of nitrogens with two attached hydrogens (primary N) is 1. The average molecular weight is 296 g/mol. The fraction of sp³-hybridized carbons (Fsp3) is 0.176. The third-order valence-corrected chi connectivity index (χ3v) is 3.79. The van der Waals surface area contributed by atoms with Gasteiger partial charge in [0.1, 0.15) is 0 Å². The summed E-state index contributed by atoms with van der Waals surface area (Å²) in [6, 6.07) is 12.8. The Labute approximate surface area is 127 Å². The maximum atomic E-state index is 11.9. The Morgan fingerprint density at radius 1 is 1.14 bits per heavy atom. The Kier molecular flexibility index (Phi) is 3.65. The molecular weight excluding hydrogens is 280 g/mol. The van der Waals surface area contributed by atoms with Crippen LogP contribution in [0.5, 0.6) is 0 Å². The number of aliphatic carboxylic acids is 1. The van der Waals surface area contributed by atoms with Gasteiger partial charge in [-0.1, -0.05) is 30.3 Å². The SMILES string of the molecule is N[C@@H](CC(=O)O)C(=O)Nc1ccc2c(c1)Cc1ccccc1-2. The topological polar surface area (TPSA) is 92.4 Å². The minimum absolute atomic E-state index is 0.387. The van der Waals surface area contributed by atoms with Gasteiger partial charge in [0.05, 0.1) is 12.5 Å². The van der Waals surface area contributed by atoms with E-state index in [1.54, 1.807) is 0 Å². The summed E-state index contributed by atoms with van der Waals surface area (Å²) in [5.74, 6) is -1.58. The van der Waals surface area contributed by atoms with Crippen LogP contribution in [0.2, 0.25) is 0 Å². The van der Waals surface area contributed by atoms with Gasteiger partial charge in [0, 0.05) is 5.69 Å². The van der Waals surface area contributed by atoms with E-state index in [4.69, 9.17) is 10.8 Å². The highest BCUT2D eigenvalue weighted by Crippen LogP contribution is 2.37. The van der Waals surface area contributed by atoms with E-state index in [0.717, 1.165) is 12.0 Å². The predicted molar refractivity (Wildman–Crippen MR) is 83.5 cm³/mol. The molecule has 0 aromatic heterocycles. The van der Waals surface area contributed by atoms with Crippen LogP contribution in [0.3, 0.4) is 0 Å². The molecule has 0 radical (unpaired) electrons. The molecular formula is C17H16N2O3. The van der Waals surface area contributed by atoms with Gasteiger partial charge in [0.2, 0.25) is 5.91 Å². The van der Waals surface area contributed by atoms with Gasteiger partial charge in [-0.2, -0.15) is 0 Å². The zero-order valence-corrected chi connectivity index (χ0v) is 11.9. The van der Waals surface area contributed by atoms with E-state index < -0.39 is 17.9 Å². The smallest absolute Gasteiger partial charge is 0.305 e. The molecule has 112 valence electrons. The summed E-state index contributed by atoms with van der Waals surface area (Å²) < 4.78 is 0. The molecule has 0 heterocycles. The molecule has 1 aliphatic rings. The number of nitrogens with one attached hydrogen (secondary N) is 1. The normalized spacial score (nSPS) is 13.1. The molecule has 5 heteroatoms. The Hall–Kier alpha value is -2.66. The lowest BCUT2D eigenvalue weighted by atomic mass is 10.1. The summed E-state index contributed by atoms with van der Waals surface area (Å²) in [7, 11) is 0. The second kappa shape index (κ2) is 5.61. The van der Waals surface area contributed by atoms with Crippen LogP contribution < -0.4 is 11.1 Å². The van der Waals surface area contributed by atoms with Crippen molar-refractivity contribution in [3.05, 3.63) is 53.6 Å². The maximum Gasteiger partial charge on any atom is 0.305 e. The standard InChI is InChI=1S/C17H16N2O3/c18-15(9-16(20)21)17(22)19-12-5-6-14-11(8-12)7-10-3-1-2-4-13(10)14/h1-6,8,15H,7,9,18H2,(H,19,22)(H,20,21)/t15-/m0/s1. The highest BCUT2D eigenvalue weighted by atomic mass is 16.4. The van der Waals surface area contributed by atoms with Crippen molar-refractivity contribution in [1.29, 1.82) is 0 Å². The van der Waals surface area contributed by atoms with Crippen LogP contribution in [0.1, 0.15) is 17.5 Å². The number of carboxylic acid groups (broad SMARTS) is 1. The zero-order chi connectivity index (χ0) is 15.7. The number of carboxylic acids is 1. The van der Waals surface area contributed by atoms with Crippen molar-refractivity contribution in [1.82, 2.24) is 0 Å². The highest BCUT2D eigenvalue weighted by molar-refractivity contribution is 5.97. The molecule has 5 nitrogen and oxygen atoms in total. The van der Waals surface area contributed by atoms with Gasteiger partial charge < -0.3 is 16.2 Å². The molecule has 0 fully saturated rings. The Bertz CT molecular complexity index is 755. The minimum atomic E-state index is -1.09. The largest absolute Gasteiger partial charge is 0.481 e. The van der Waals surface area contributed by atoms with Crippen LogP contribution in [-0.2, 0) is 16.0 Å². The number of carbonyl (C=O) groups excluding carboxylic acids is 1. The van der Waals surface area contributed by atoms with E-state index in [1.165, 1.54) is 16.7 Å². The minimum Gasteiger partial charge on any atom is -0.481 e. The molecule has 1 amide bonds. The van der Waals surface area contributed by atoms with Crippen molar-refractivity contribution in [3.63, 3.8) is 0 Å². The summed E-state index contributed by atoms with van der Waals surface area (Å²) in [6.07, 6.45) is 0.443. The Morgan fingerprint density at radius 3 is 2.64 bits per heavy atom. The second-order valence-corrected chi connectivity index (χ2v) is 5.40. The number of hydrogen-bond donors (Lipinski definition) is 3. The molecule has 1 atom stereocenters. The number of amides is 1. The van der Waals surface area contributed by atoms with E-state index in [0.29, 0.717) is 5.69 Å². The second-order valence-electron chi connectivity index (χ2n) is 5.40. The highest BCUT2D eigenvalue weighted by Gasteiger charge is 2.20. The lowest BCUT2D eigenvalue weighted by Crippen LogP contribution is -2.37. The van der Waals surface area contributed by atoms with Crippen LogP contribution in [-0.4, -0.2) is 23.0 Å². The molecule has 3 rings (SSSR count). The van der Waals surface area contributed by atoms with Crippen LogP contribution in [0.4, 0.5) is 5.69 Å². The Morgan fingerprint density at radius 2 is 1.86 bits per heavy atom. The number of fused-ring (bicyclic) bond motifs is 3. The van der Waals surface area contributed by atoms with Crippen LogP contribution in [0.15, 0.2) is 42.5 Å². The molecule has 4 N–H and O–H groups in total. The van der Waals surface area contributed by atoms with Gasteiger partial charge in [-0.15, -0.1) is 0 Å². The van der Waals surface area contributed by atoms with Crippen molar-refractivity contribution in [2.75, 3.05) is 5.32 Å². The van der Waals surface area contributed by atoms with Gasteiger partial charge in [0.15, 0.2) is 0 Å². The predicted octanol–water partition coefficient (Wildman–Crippen LogP) is 2.00. The number of hydrogen-bond acceptors (Lipinski definition) is 3. The molecule has 2 aromatic rings. The number of benzene rings is 2. The summed E-state index contributed by atoms with van der Waals surface area (Å²) in [6.45, 7) is 0. The average Bonchev–Trinajstić information content (AvgIpc) is 2.84. The first-order valence-electron chi connectivity index (χ1n) is 7.04. The van der Waals surface area contributed by atoms with E-state index in [-0.39, 0.29) is 6.42 Å². The summed E-state index contributed by atoms with van der Waals surface area (Å²) in [5, 5.41) is 11.3. The van der Waals surface area contributed by atoms with Crippen molar-refractivity contribution in [3.8, 4) is 11.1 Å². The first kappa shape index (κ1) is 14.3. The van der Waals surface area contributed by atoms with E-state index in [9.17, 15) is 9.59 Å². The van der Waals surface area contributed by atoms with E-state index >= 15 is 0 Å². The number of rotatable bonds is 4. The lowest BCUT2D eigenvalue weighted by molar-refractivity contribution is -0.138. The lowest BCUT2D eigenvalue weighted by Gasteiger charge is -2.11. The quantitative estimate of drug-likeness (QED) is 0.686. The maximum absolute atomic E-state index is 11.9. The fourth-order valence-corrected chi connectivity index (χ4v) is 2.74. The van der Waals surface area contributed by atoms with Gasteiger partial charge in [-0.3, -0.25) is 9.59 Å². The molecule has 22 heavy (non-hydrogen) atoms. The van der Waals surface area contributed by atoms with Crippen molar-refractivity contribution in [2.45, 2.75) is 18.9 Å². The summed E-state index contributed by atoms with van der Waals surface area (Å²) in [4.78, 5) is 22.5. The van der Waals surface area contributed by atoms with Crippen LogP contribution in [0.25, 0.3) is 11.1 Å². The molecule has 1 aliphatic carbocycles. The van der Waals surface area contributed by atoms with Crippen molar-refractivity contribution in [2.24, 2.45) is 5.73 Å². The molecule has 0 spiro atoms. The van der Waals surface area contributed by atoms with Crippen molar-refractivity contribution < 1.29 is 14.7 Å². The zero-order valence-electron chi connectivity index (χ0n) is 11.9. The molecule has 0 bridgehead atoms. The molecule has 0 saturated carbocycles. The van der Waals surface area contributed by atoms with Gasteiger partial charge >= 0.3 is 5.97 Å². The van der Waals surface area contributed by atoms with Gasteiger partial charge in [-0.05, 0) is 40.8 Å². The van der Waals surface area contributed by atoms with Crippen molar-refractivity contribution >= 4 is 17.6 Å². The first-order chi connectivity index (χ1) is 10.5. The number of carbonyl (C=O) groups is 2. The molecule has 2 aromatic carbocycles. The van der Waals surface area contributed by atoms with Crippen LogP contribution in [0, 0.1) is 0 Å². The summed E-state index contributed by atoms with van der Waals surface area (Å²) >= 11 is 0.